The zero-order valence-corrected chi connectivity index (χ0v) is 7.64. The van der Waals surface area contributed by atoms with Gasteiger partial charge in [0.25, 0.3) is 0 Å². The van der Waals surface area contributed by atoms with Crippen LogP contribution in [0.5, 0.6) is 0 Å². The molecular weight excluding hydrogens is 172 g/mol. The van der Waals surface area contributed by atoms with Gasteiger partial charge >= 0.3 is 5.97 Å². The number of esters is 1. The normalized spacial score (nSPS) is 10.4. The molecule has 0 saturated heterocycles. The monoisotopic (exact) mass is 182 g/mol. The van der Waals surface area contributed by atoms with Crippen molar-refractivity contribution in [1.82, 2.24) is 0 Å². The van der Waals surface area contributed by atoms with Gasteiger partial charge in [0.05, 0.1) is 6.61 Å². The molecule has 0 spiro atoms. The molecule has 1 aromatic rings. The Morgan fingerprint density at radius 3 is 3.17 bits per heavy atom. The van der Waals surface area contributed by atoms with E-state index in [1.807, 2.05) is 17.5 Å². The molecule has 0 aliphatic heterocycles. The van der Waals surface area contributed by atoms with Gasteiger partial charge in [0, 0.05) is 11.0 Å². The zero-order valence-electron chi connectivity index (χ0n) is 6.82. The maximum atomic E-state index is 10.8. The van der Waals surface area contributed by atoms with Gasteiger partial charge in [0.15, 0.2) is 0 Å². The van der Waals surface area contributed by atoms with E-state index in [1.54, 1.807) is 24.3 Å². The predicted octanol–water partition coefficient (Wildman–Crippen LogP) is 2.32. The highest BCUT2D eigenvalue weighted by molar-refractivity contribution is 7.10. The second kappa shape index (κ2) is 4.72. The lowest BCUT2D eigenvalue weighted by Crippen LogP contribution is -1.98. The van der Waals surface area contributed by atoms with Crippen LogP contribution >= 0.6 is 11.3 Å². The second-order valence-electron chi connectivity index (χ2n) is 2.10. The molecule has 1 heterocycles. The summed E-state index contributed by atoms with van der Waals surface area (Å²) in [5.74, 6) is -0.286. The summed E-state index contributed by atoms with van der Waals surface area (Å²) in [5.41, 5.74) is 0. The van der Waals surface area contributed by atoms with Crippen LogP contribution in [0.4, 0.5) is 0 Å². The Labute approximate surface area is 75.5 Å². The van der Waals surface area contributed by atoms with Crippen molar-refractivity contribution in [3.8, 4) is 0 Å². The van der Waals surface area contributed by atoms with Gasteiger partial charge < -0.3 is 4.74 Å². The summed E-state index contributed by atoms with van der Waals surface area (Å²) < 4.78 is 4.72. The maximum absolute atomic E-state index is 10.8. The molecule has 0 unspecified atom stereocenters. The maximum Gasteiger partial charge on any atom is 0.330 e. The van der Waals surface area contributed by atoms with Crippen LogP contribution in [-0.4, -0.2) is 12.6 Å². The van der Waals surface area contributed by atoms with E-state index < -0.39 is 0 Å². The fraction of sp³-hybridized carbons (Fsp3) is 0.222. The Morgan fingerprint density at radius 1 is 1.75 bits per heavy atom. The van der Waals surface area contributed by atoms with Crippen LogP contribution in [0.15, 0.2) is 23.6 Å². The van der Waals surface area contributed by atoms with Crippen LogP contribution in [0.1, 0.15) is 11.8 Å². The van der Waals surface area contributed by atoms with Crippen LogP contribution in [-0.2, 0) is 9.53 Å². The van der Waals surface area contributed by atoms with Gasteiger partial charge in [-0.25, -0.2) is 4.79 Å². The van der Waals surface area contributed by atoms with Crippen molar-refractivity contribution in [2.24, 2.45) is 0 Å². The van der Waals surface area contributed by atoms with Gasteiger partial charge in [-0.1, -0.05) is 6.07 Å². The van der Waals surface area contributed by atoms with Crippen LogP contribution < -0.4 is 0 Å². The Balaban J connectivity index is 2.45. The highest BCUT2D eigenvalue weighted by atomic mass is 32.1. The lowest BCUT2D eigenvalue weighted by atomic mass is 10.4. The number of carbonyl (C=O) groups excluding carboxylic acids is 1. The quantitative estimate of drug-likeness (QED) is 0.529. The lowest BCUT2D eigenvalue weighted by molar-refractivity contribution is -0.137. The summed E-state index contributed by atoms with van der Waals surface area (Å²) in [6.45, 7) is 2.21. The molecule has 0 aromatic carbocycles. The van der Waals surface area contributed by atoms with Crippen molar-refractivity contribution in [2.45, 2.75) is 6.92 Å². The summed E-state index contributed by atoms with van der Waals surface area (Å²) in [7, 11) is 0. The molecule has 0 saturated carbocycles. The smallest absolute Gasteiger partial charge is 0.330 e. The first-order valence-electron chi connectivity index (χ1n) is 3.71. The van der Waals surface area contributed by atoms with Crippen molar-refractivity contribution in [1.29, 1.82) is 0 Å². The summed E-state index contributed by atoms with van der Waals surface area (Å²) in [5, 5.41) is 1.96. The Kier molecular flexibility index (Phi) is 3.54. The fourth-order valence-electron chi connectivity index (χ4n) is 0.727. The third-order valence-corrected chi connectivity index (χ3v) is 2.05. The average molecular weight is 182 g/mol. The van der Waals surface area contributed by atoms with Crippen LogP contribution in [0.25, 0.3) is 6.08 Å². The summed E-state index contributed by atoms with van der Waals surface area (Å²) in [6.07, 6.45) is 3.19. The molecule has 0 radical (unpaired) electrons. The molecule has 0 aliphatic rings. The SMILES string of the molecule is CCOC(=O)/C=C\c1cccs1. The van der Waals surface area contributed by atoms with Gasteiger partial charge in [0.1, 0.15) is 0 Å². The minimum atomic E-state index is -0.286. The molecule has 0 bridgehead atoms. The fourth-order valence-corrected chi connectivity index (χ4v) is 1.34. The number of hydrogen-bond donors (Lipinski definition) is 0. The molecule has 0 atom stereocenters. The van der Waals surface area contributed by atoms with Crippen LogP contribution in [0.3, 0.4) is 0 Å². The molecule has 0 aliphatic carbocycles. The van der Waals surface area contributed by atoms with E-state index in [2.05, 4.69) is 0 Å². The van der Waals surface area contributed by atoms with Crippen molar-refractivity contribution >= 4 is 23.4 Å². The summed E-state index contributed by atoms with van der Waals surface area (Å²) in [6, 6.07) is 3.88. The van der Waals surface area contributed by atoms with Gasteiger partial charge in [-0.3, -0.25) is 0 Å². The Morgan fingerprint density at radius 2 is 2.58 bits per heavy atom. The zero-order chi connectivity index (χ0) is 8.81. The van der Waals surface area contributed by atoms with Crippen molar-refractivity contribution in [2.75, 3.05) is 6.61 Å². The largest absolute Gasteiger partial charge is 0.463 e. The number of rotatable bonds is 3. The molecule has 3 heteroatoms. The second-order valence-corrected chi connectivity index (χ2v) is 3.08. The van der Waals surface area contributed by atoms with Crippen LogP contribution in [0.2, 0.25) is 0 Å². The molecule has 1 aromatic heterocycles. The van der Waals surface area contributed by atoms with Gasteiger partial charge in [0.2, 0.25) is 0 Å². The number of hydrogen-bond acceptors (Lipinski definition) is 3. The van der Waals surface area contributed by atoms with E-state index in [0.29, 0.717) is 6.61 Å². The van der Waals surface area contributed by atoms with Gasteiger partial charge in [-0.2, -0.15) is 0 Å². The minimum Gasteiger partial charge on any atom is -0.463 e. The molecule has 2 nitrogen and oxygen atoms in total. The minimum absolute atomic E-state index is 0.286. The first-order valence-corrected chi connectivity index (χ1v) is 4.59. The molecular formula is C9H10O2S. The van der Waals surface area contributed by atoms with E-state index in [1.165, 1.54) is 6.08 Å². The van der Waals surface area contributed by atoms with E-state index in [4.69, 9.17) is 4.74 Å². The van der Waals surface area contributed by atoms with Crippen molar-refractivity contribution in [3.63, 3.8) is 0 Å². The summed E-state index contributed by atoms with van der Waals surface area (Å²) in [4.78, 5) is 11.9. The molecule has 0 N–H and O–H groups in total. The molecule has 0 fully saturated rings. The third-order valence-electron chi connectivity index (χ3n) is 1.21. The molecule has 1 rings (SSSR count). The van der Waals surface area contributed by atoms with E-state index >= 15 is 0 Å². The third kappa shape index (κ3) is 2.88. The van der Waals surface area contributed by atoms with E-state index in [0.717, 1.165) is 4.88 Å². The number of ether oxygens (including phenoxy) is 1. The Hall–Kier alpha value is -1.09. The Bertz CT molecular complexity index is 262. The topological polar surface area (TPSA) is 26.3 Å². The first-order chi connectivity index (χ1) is 5.83. The van der Waals surface area contributed by atoms with Crippen molar-refractivity contribution < 1.29 is 9.53 Å². The number of carbonyl (C=O) groups is 1. The first kappa shape index (κ1) is 9.00. The van der Waals surface area contributed by atoms with Crippen molar-refractivity contribution in [3.05, 3.63) is 28.5 Å². The summed E-state index contributed by atoms with van der Waals surface area (Å²) >= 11 is 1.59. The highest BCUT2D eigenvalue weighted by Crippen LogP contribution is 2.09. The molecule has 12 heavy (non-hydrogen) atoms. The number of thiophene rings is 1. The molecule has 64 valence electrons. The standard InChI is InChI=1S/C9H10O2S/c1-2-11-9(10)6-5-8-4-3-7-12-8/h3-7H,2H2,1H3/b6-5-. The van der Waals surface area contributed by atoms with E-state index in [9.17, 15) is 4.79 Å². The van der Waals surface area contributed by atoms with E-state index in [-0.39, 0.29) is 5.97 Å². The highest BCUT2D eigenvalue weighted by Gasteiger charge is 1.93. The van der Waals surface area contributed by atoms with Gasteiger partial charge in [-0.05, 0) is 24.4 Å². The average Bonchev–Trinajstić information content (AvgIpc) is 2.53. The molecule has 0 amide bonds. The van der Waals surface area contributed by atoms with Crippen LogP contribution in [0, 0.1) is 0 Å². The lowest BCUT2D eigenvalue weighted by Gasteiger charge is -1.92. The van der Waals surface area contributed by atoms with Gasteiger partial charge in [-0.15, -0.1) is 11.3 Å². The predicted molar refractivity (Wildman–Crippen MR) is 50.0 cm³/mol.